The minimum absolute atomic E-state index is 0.913. The minimum atomic E-state index is 0.913. The van der Waals surface area contributed by atoms with Gasteiger partial charge in [0.15, 0.2) is 0 Å². The lowest BCUT2D eigenvalue weighted by Gasteiger charge is -2.25. The van der Waals surface area contributed by atoms with Crippen molar-refractivity contribution in [2.45, 2.75) is 59.8 Å². The van der Waals surface area contributed by atoms with Gasteiger partial charge in [-0.3, -0.25) is 0 Å². The second-order valence-corrected chi connectivity index (χ2v) is 3.96. The Morgan fingerprint density at radius 1 is 1.00 bits per heavy atom. The predicted octanol–water partition coefficient (Wildman–Crippen LogP) is 3.95. The summed E-state index contributed by atoms with van der Waals surface area (Å²) >= 11 is 0. The first-order valence-electron chi connectivity index (χ1n) is 7.06. The lowest BCUT2D eigenvalue weighted by molar-refractivity contribution is 0.162. The predicted molar refractivity (Wildman–Crippen MR) is 74.1 cm³/mol. The monoisotopic (exact) mass is 231 g/mol. The third-order valence-electron chi connectivity index (χ3n) is 2.27. The van der Waals surface area contributed by atoms with Gasteiger partial charge in [-0.1, -0.05) is 40.5 Å². The Kier molecular flexibility index (Phi) is 19.8. The summed E-state index contributed by atoms with van der Waals surface area (Å²) in [5, 5.41) is 0. The summed E-state index contributed by atoms with van der Waals surface area (Å²) in [7, 11) is 1.77. The van der Waals surface area contributed by atoms with Crippen LogP contribution in [-0.2, 0) is 4.74 Å². The number of likely N-dealkylation sites (tertiary alicyclic amines) is 1. The van der Waals surface area contributed by atoms with Crippen LogP contribution >= 0.6 is 0 Å². The van der Waals surface area contributed by atoms with E-state index >= 15 is 0 Å². The van der Waals surface area contributed by atoms with E-state index in [0.29, 0.717) is 0 Å². The molecule has 0 spiro atoms. The zero-order valence-electron chi connectivity index (χ0n) is 12.2. The second-order valence-electron chi connectivity index (χ2n) is 3.96. The third kappa shape index (κ3) is 13.9. The Labute approximate surface area is 103 Å². The summed E-state index contributed by atoms with van der Waals surface area (Å²) < 4.78 is 5.01. The van der Waals surface area contributed by atoms with Gasteiger partial charge >= 0.3 is 0 Å². The Morgan fingerprint density at radius 3 is 1.94 bits per heavy atom. The van der Waals surface area contributed by atoms with E-state index < -0.39 is 0 Å². The number of methoxy groups -OCH3 is 1. The number of hydrogen-bond donors (Lipinski definition) is 0. The molecule has 1 rings (SSSR count). The molecule has 0 aromatic heterocycles. The molecule has 0 aromatic rings. The van der Waals surface area contributed by atoms with Gasteiger partial charge in [-0.2, -0.15) is 0 Å². The van der Waals surface area contributed by atoms with Crippen LogP contribution in [0, 0.1) is 0 Å². The van der Waals surface area contributed by atoms with Crippen molar-refractivity contribution in [3.05, 3.63) is 0 Å². The SMILES string of the molecule is CC.CCC.COCCCN1CCCCC1. The first-order chi connectivity index (χ1) is 7.85. The molecule has 0 aromatic carbocycles. The Balaban J connectivity index is 0. The molecule has 1 saturated heterocycles. The molecule has 0 bridgehead atoms. The van der Waals surface area contributed by atoms with E-state index in [1.807, 2.05) is 13.8 Å². The molecule has 1 fully saturated rings. The molecule has 0 saturated carbocycles. The molecule has 0 N–H and O–H groups in total. The smallest absolute Gasteiger partial charge is 0.0474 e. The quantitative estimate of drug-likeness (QED) is 0.679. The maximum atomic E-state index is 5.01. The fourth-order valence-corrected chi connectivity index (χ4v) is 1.62. The number of piperidine rings is 1. The Hall–Kier alpha value is -0.0800. The van der Waals surface area contributed by atoms with Crippen LogP contribution in [0.5, 0.6) is 0 Å². The molecule has 1 aliphatic heterocycles. The van der Waals surface area contributed by atoms with Gasteiger partial charge in [0.1, 0.15) is 0 Å². The van der Waals surface area contributed by atoms with Gasteiger partial charge in [0.25, 0.3) is 0 Å². The first-order valence-corrected chi connectivity index (χ1v) is 7.06. The molecule has 0 unspecified atom stereocenters. The van der Waals surface area contributed by atoms with Crippen LogP contribution in [-0.4, -0.2) is 38.3 Å². The maximum absolute atomic E-state index is 5.01. The maximum Gasteiger partial charge on any atom is 0.0474 e. The normalized spacial score (nSPS) is 15.6. The van der Waals surface area contributed by atoms with Gasteiger partial charge < -0.3 is 9.64 Å². The van der Waals surface area contributed by atoms with Crippen LogP contribution in [0.3, 0.4) is 0 Å². The number of rotatable bonds is 4. The zero-order valence-corrected chi connectivity index (χ0v) is 12.2. The summed E-state index contributed by atoms with van der Waals surface area (Å²) in [4.78, 5) is 2.54. The highest BCUT2D eigenvalue weighted by Gasteiger charge is 2.08. The van der Waals surface area contributed by atoms with Crippen LogP contribution < -0.4 is 0 Å². The van der Waals surface area contributed by atoms with Crippen molar-refractivity contribution < 1.29 is 4.74 Å². The van der Waals surface area contributed by atoms with Crippen LogP contribution in [0.15, 0.2) is 0 Å². The van der Waals surface area contributed by atoms with E-state index in [1.54, 1.807) is 7.11 Å². The van der Waals surface area contributed by atoms with Crippen molar-refractivity contribution in [1.82, 2.24) is 4.90 Å². The van der Waals surface area contributed by atoms with Crippen molar-refractivity contribution in [3.63, 3.8) is 0 Å². The Morgan fingerprint density at radius 2 is 1.50 bits per heavy atom. The van der Waals surface area contributed by atoms with Gasteiger partial charge in [-0.05, 0) is 32.4 Å². The minimum Gasteiger partial charge on any atom is -0.385 e. The van der Waals surface area contributed by atoms with Crippen molar-refractivity contribution in [2.24, 2.45) is 0 Å². The fraction of sp³-hybridized carbons (Fsp3) is 1.00. The van der Waals surface area contributed by atoms with E-state index in [-0.39, 0.29) is 0 Å². The van der Waals surface area contributed by atoms with Crippen molar-refractivity contribution in [3.8, 4) is 0 Å². The molecule has 2 nitrogen and oxygen atoms in total. The number of ether oxygens (including phenoxy) is 1. The van der Waals surface area contributed by atoms with Crippen molar-refractivity contribution in [1.29, 1.82) is 0 Å². The zero-order chi connectivity index (χ0) is 12.6. The number of hydrogen-bond acceptors (Lipinski definition) is 2. The van der Waals surface area contributed by atoms with Crippen LogP contribution in [0.1, 0.15) is 59.8 Å². The molecule has 1 heterocycles. The van der Waals surface area contributed by atoms with Gasteiger partial charge in [0.05, 0.1) is 0 Å². The molecule has 100 valence electrons. The second kappa shape index (κ2) is 17.3. The van der Waals surface area contributed by atoms with E-state index in [9.17, 15) is 0 Å². The first kappa shape index (κ1) is 18.3. The highest BCUT2D eigenvalue weighted by Crippen LogP contribution is 2.08. The average molecular weight is 231 g/mol. The molecule has 0 amide bonds. The highest BCUT2D eigenvalue weighted by molar-refractivity contribution is 4.63. The average Bonchev–Trinajstić information content (AvgIpc) is 2.34. The topological polar surface area (TPSA) is 12.5 Å². The fourth-order valence-electron chi connectivity index (χ4n) is 1.62. The van der Waals surface area contributed by atoms with Crippen molar-refractivity contribution in [2.75, 3.05) is 33.4 Å². The summed E-state index contributed by atoms with van der Waals surface area (Å²) in [6, 6.07) is 0. The molecule has 1 aliphatic rings. The van der Waals surface area contributed by atoms with Crippen LogP contribution in [0.2, 0.25) is 0 Å². The molecule has 16 heavy (non-hydrogen) atoms. The molecule has 0 radical (unpaired) electrons. The van der Waals surface area contributed by atoms with E-state index in [4.69, 9.17) is 4.74 Å². The van der Waals surface area contributed by atoms with Crippen LogP contribution in [0.4, 0.5) is 0 Å². The highest BCUT2D eigenvalue weighted by atomic mass is 16.5. The lowest BCUT2D eigenvalue weighted by atomic mass is 10.1. The molecular formula is C14H33NO. The van der Waals surface area contributed by atoms with E-state index in [0.717, 1.165) is 6.61 Å². The van der Waals surface area contributed by atoms with Gasteiger partial charge in [0.2, 0.25) is 0 Å². The van der Waals surface area contributed by atoms with Crippen LogP contribution in [0.25, 0.3) is 0 Å². The summed E-state index contributed by atoms with van der Waals surface area (Å²) in [6.07, 6.45) is 6.66. The lowest BCUT2D eigenvalue weighted by Crippen LogP contribution is -2.31. The largest absolute Gasteiger partial charge is 0.385 e. The molecule has 2 heteroatoms. The van der Waals surface area contributed by atoms with Gasteiger partial charge in [-0.25, -0.2) is 0 Å². The third-order valence-corrected chi connectivity index (χ3v) is 2.27. The molecule has 0 atom stereocenters. The van der Waals surface area contributed by atoms with Gasteiger partial charge in [0, 0.05) is 20.3 Å². The number of nitrogens with zero attached hydrogens (tertiary/aromatic N) is 1. The van der Waals surface area contributed by atoms with E-state index in [2.05, 4.69) is 18.7 Å². The summed E-state index contributed by atoms with van der Waals surface area (Å²) in [5.41, 5.74) is 0. The molecule has 0 aliphatic carbocycles. The summed E-state index contributed by atoms with van der Waals surface area (Å²) in [5.74, 6) is 0. The van der Waals surface area contributed by atoms with Crippen molar-refractivity contribution >= 4 is 0 Å². The summed E-state index contributed by atoms with van der Waals surface area (Å²) in [6.45, 7) is 13.0. The van der Waals surface area contributed by atoms with E-state index in [1.165, 1.54) is 51.7 Å². The standard InChI is InChI=1S/C9H19NO.C3H8.C2H6/c1-11-9-5-8-10-6-3-2-4-7-10;1-3-2;1-2/h2-9H2,1H3;3H2,1-2H3;1-2H3. The molecular weight excluding hydrogens is 198 g/mol. The Bertz CT molecular complexity index is 101. The van der Waals surface area contributed by atoms with Gasteiger partial charge in [-0.15, -0.1) is 0 Å².